The molecule has 0 aliphatic carbocycles. The molecule has 1 N–H and O–H groups in total. The van der Waals surface area contributed by atoms with Gasteiger partial charge in [0.15, 0.2) is 5.82 Å². The summed E-state index contributed by atoms with van der Waals surface area (Å²) in [6.45, 7) is 7.82. The molecule has 1 fully saturated rings. The van der Waals surface area contributed by atoms with E-state index in [1.807, 2.05) is 32.9 Å². The molecule has 2 aromatic rings. The lowest BCUT2D eigenvalue weighted by atomic mass is 10.1. The zero-order valence-corrected chi connectivity index (χ0v) is 16.2. The number of anilines is 1. The number of hydrogen-bond donors (Lipinski definition) is 1. The fraction of sp³-hybridized carbons (Fsp3) is 0.526. The van der Waals surface area contributed by atoms with Crippen LogP contribution >= 0.6 is 11.6 Å². The average molecular weight is 377 g/mol. The van der Waals surface area contributed by atoms with Gasteiger partial charge in [0.2, 0.25) is 5.89 Å². The molecule has 1 aromatic heterocycles. The summed E-state index contributed by atoms with van der Waals surface area (Å²) >= 11 is 6.27. The lowest BCUT2D eigenvalue weighted by Crippen LogP contribution is -2.30. The molecule has 0 saturated carbocycles. The van der Waals surface area contributed by atoms with Gasteiger partial charge in [-0.1, -0.05) is 30.6 Å². The van der Waals surface area contributed by atoms with Crippen molar-refractivity contribution in [2.45, 2.75) is 52.0 Å². The Bertz CT molecular complexity index is 769. The number of amides is 1. The van der Waals surface area contributed by atoms with E-state index in [0.29, 0.717) is 22.3 Å². The molecule has 2 heterocycles. The van der Waals surface area contributed by atoms with Gasteiger partial charge >= 0.3 is 0 Å². The Morgan fingerprint density at radius 1 is 1.23 bits per heavy atom. The van der Waals surface area contributed by atoms with Gasteiger partial charge in [0, 0.05) is 24.7 Å². The number of nitrogens with zero attached hydrogens (tertiary/aromatic N) is 3. The first kappa shape index (κ1) is 18.7. The molecule has 6 nitrogen and oxygen atoms in total. The minimum absolute atomic E-state index is 0.172. The van der Waals surface area contributed by atoms with Gasteiger partial charge in [0.25, 0.3) is 5.91 Å². The molecule has 3 rings (SSSR count). The number of hydrogen-bond acceptors (Lipinski definition) is 5. The Hall–Kier alpha value is -2.08. The van der Waals surface area contributed by atoms with Crippen LogP contribution in [0.2, 0.25) is 5.02 Å². The summed E-state index contributed by atoms with van der Waals surface area (Å²) in [5, 5.41) is 7.27. The predicted octanol–water partition coefficient (Wildman–Crippen LogP) is 4.33. The average Bonchev–Trinajstić information content (AvgIpc) is 3.13. The number of halogens is 1. The van der Waals surface area contributed by atoms with E-state index in [1.165, 1.54) is 19.3 Å². The summed E-state index contributed by atoms with van der Waals surface area (Å²) < 4.78 is 5.26. The topological polar surface area (TPSA) is 71.3 Å². The molecule has 1 atom stereocenters. The second-order valence-corrected chi connectivity index (χ2v) is 7.46. The van der Waals surface area contributed by atoms with E-state index < -0.39 is 6.04 Å². The highest BCUT2D eigenvalue weighted by molar-refractivity contribution is 6.34. The molecule has 1 amide bonds. The summed E-state index contributed by atoms with van der Waals surface area (Å²) in [7, 11) is 0. The van der Waals surface area contributed by atoms with E-state index in [2.05, 4.69) is 20.4 Å². The minimum atomic E-state index is -0.391. The maximum absolute atomic E-state index is 12.7. The van der Waals surface area contributed by atoms with Crippen LogP contribution in [0.15, 0.2) is 22.7 Å². The first-order valence-corrected chi connectivity index (χ1v) is 9.52. The highest BCUT2D eigenvalue weighted by Crippen LogP contribution is 2.26. The van der Waals surface area contributed by atoms with E-state index in [-0.39, 0.29) is 11.8 Å². The molecule has 1 aliphatic heterocycles. The second-order valence-electron chi connectivity index (χ2n) is 7.05. The first-order chi connectivity index (χ1) is 12.5. The second kappa shape index (κ2) is 8.08. The molecule has 1 saturated heterocycles. The highest BCUT2D eigenvalue weighted by atomic mass is 35.5. The normalized spacial score (nSPS) is 16.0. The van der Waals surface area contributed by atoms with Gasteiger partial charge in [0.1, 0.15) is 6.04 Å². The molecule has 0 unspecified atom stereocenters. The number of carbonyl (C=O) groups excluding carboxylic acids is 1. The van der Waals surface area contributed by atoms with E-state index in [0.717, 1.165) is 18.8 Å². The summed E-state index contributed by atoms with van der Waals surface area (Å²) in [4.78, 5) is 19.4. The molecule has 1 aromatic carbocycles. The van der Waals surface area contributed by atoms with Gasteiger partial charge in [-0.3, -0.25) is 4.79 Å². The van der Waals surface area contributed by atoms with Gasteiger partial charge < -0.3 is 14.7 Å². The van der Waals surface area contributed by atoms with Gasteiger partial charge in [0.05, 0.1) is 10.6 Å². The van der Waals surface area contributed by atoms with Crippen LogP contribution in [0.1, 0.15) is 74.1 Å². The van der Waals surface area contributed by atoms with Crippen molar-refractivity contribution in [2.24, 2.45) is 0 Å². The molecule has 0 bridgehead atoms. The Morgan fingerprint density at radius 2 is 1.96 bits per heavy atom. The van der Waals surface area contributed by atoms with E-state index in [1.54, 1.807) is 6.07 Å². The van der Waals surface area contributed by atoms with Crippen molar-refractivity contribution >= 4 is 23.2 Å². The third-order valence-corrected chi connectivity index (χ3v) is 4.94. The standard InChI is InChI=1S/C19H25ClN4O2/c1-12(2)17-22-19(26-23-17)13(3)21-18(25)15-11-14(7-8-16(15)20)24-9-5-4-6-10-24/h7-8,11-13H,4-6,9-10H2,1-3H3,(H,21,25)/t13-/m0/s1. The maximum atomic E-state index is 12.7. The molecule has 0 radical (unpaired) electrons. The first-order valence-electron chi connectivity index (χ1n) is 9.14. The number of piperidine rings is 1. The van der Waals surface area contributed by atoms with Crippen molar-refractivity contribution in [3.05, 3.63) is 40.5 Å². The molecular weight excluding hydrogens is 352 g/mol. The molecule has 140 valence electrons. The molecule has 1 aliphatic rings. The Labute approximate surface area is 158 Å². The third kappa shape index (κ3) is 4.18. The van der Waals surface area contributed by atoms with Gasteiger partial charge in [-0.15, -0.1) is 0 Å². The summed E-state index contributed by atoms with van der Waals surface area (Å²) in [5.74, 6) is 0.952. The van der Waals surface area contributed by atoms with Gasteiger partial charge in [-0.2, -0.15) is 4.98 Å². The number of rotatable bonds is 5. The minimum Gasteiger partial charge on any atom is -0.372 e. The van der Waals surface area contributed by atoms with Gasteiger partial charge in [-0.25, -0.2) is 0 Å². The van der Waals surface area contributed by atoms with Crippen molar-refractivity contribution in [2.75, 3.05) is 18.0 Å². The largest absolute Gasteiger partial charge is 0.372 e. The van der Waals surface area contributed by atoms with E-state index in [4.69, 9.17) is 16.1 Å². The molecular formula is C19H25ClN4O2. The summed E-state index contributed by atoms with van der Waals surface area (Å²) in [6, 6.07) is 5.23. The fourth-order valence-corrected chi connectivity index (χ4v) is 3.23. The number of aromatic nitrogens is 2. The molecule has 7 heteroatoms. The van der Waals surface area contributed by atoms with Crippen LogP contribution in [0.5, 0.6) is 0 Å². The number of benzene rings is 1. The lowest BCUT2D eigenvalue weighted by molar-refractivity contribution is 0.0932. The van der Waals surface area contributed by atoms with Crippen molar-refractivity contribution in [3.63, 3.8) is 0 Å². The Kier molecular flexibility index (Phi) is 5.81. The van der Waals surface area contributed by atoms with Crippen LogP contribution in [0.3, 0.4) is 0 Å². The van der Waals surface area contributed by atoms with Crippen molar-refractivity contribution in [3.8, 4) is 0 Å². The number of nitrogens with one attached hydrogen (secondary N) is 1. The van der Waals surface area contributed by atoms with Crippen LogP contribution < -0.4 is 10.2 Å². The van der Waals surface area contributed by atoms with Gasteiger partial charge in [-0.05, 0) is 44.4 Å². The Morgan fingerprint density at radius 3 is 2.62 bits per heavy atom. The lowest BCUT2D eigenvalue weighted by Gasteiger charge is -2.29. The predicted molar refractivity (Wildman–Crippen MR) is 102 cm³/mol. The van der Waals surface area contributed by atoms with E-state index >= 15 is 0 Å². The zero-order chi connectivity index (χ0) is 18.7. The van der Waals surface area contributed by atoms with Crippen molar-refractivity contribution in [1.82, 2.24) is 15.5 Å². The van der Waals surface area contributed by atoms with Crippen LogP contribution in [-0.2, 0) is 0 Å². The molecule has 0 spiro atoms. The molecule has 26 heavy (non-hydrogen) atoms. The zero-order valence-electron chi connectivity index (χ0n) is 15.5. The van der Waals surface area contributed by atoms with Crippen molar-refractivity contribution < 1.29 is 9.32 Å². The number of carbonyl (C=O) groups is 1. The summed E-state index contributed by atoms with van der Waals surface area (Å²) in [5.41, 5.74) is 1.50. The van der Waals surface area contributed by atoms with Crippen LogP contribution in [0.25, 0.3) is 0 Å². The van der Waals surface area contributed by atoms with Crippen LogP contribution in [0.4, 0.5) is 5.69 Å². The maximum Gasteiger partial charge on any atom is 0.253 e. The monoisotopic (exact) mass is 376 g/mol. The highest BCUT2D eigenvalue weighted by Gasteiger charge is 2.21. The van der Waals surface area contributed by atoms with Crippen molar-refractivity contribution in [1.29, 1.82) is 0 Å². The fourth-order valence-electron chi connectivity index (χ4n) is 3.03. The smallest absolute Gasteiger partial charge is 0.253 e. The summed E-state index contributed by atoms with van der Waals surface area (Å²) in [6.07, 6.45) is 3.62. The quantitative estimate of drug-likeness (QED) is 0.840. The van der Waals surface area contributed by atoms with Crippen LogP contribution in [-0.4, -0.2) is 29.1 Å². The third-order valence-electron chi connectivity index (χ3n) is 4.61. The van der Waals surface area contributed by atoms with Crippen LogP contribution in [0, 0.1) is 0 Å². The SMILES string of the molecule is CC(C)c1noc([C@H](C)NC(=O)c2cc(N3CCCCC3)ccc2Cl)n1. The Balaban J connectivity index is 1.73. The van der Waals surface area contributed by atoms with E-state index in [9.17, 15) is 4.79 Å².